The third-order valence-electron chi connectivity index (χ3n) is 6.88. The zero-order chi connectivity index (χ0) is 21.1. The van der Waals surface area contributed by atoms with Crippen LogP contribution in [0.1, 0.15) is 57.1 Å². The summed E-state index contributed by atoms with van der Waals surface area (Å²) in [5.41, 5.74) is 9.85. The molecule has 152 valence electrons. The summed E-state index contributed by atoms with van der Waals surface area (Å²) in [6.07, 6.45) is 6.71. The summed E-state index contributed by atoms with van der Waals surface area (Å²) in [5, 5.41) is 10.2. The van der Waals surface area contributed by atoms with Gasteiger partial charge < -0.3 is 9.51 Å². The molecule has 0 saturated heterocycles. The number of aromatic hydroxyl groups is 1. The highest BCUT2D eigenvalue weighted by Crippen LogP contribution is 2.57. The van der Waals surface area contributed by atoms with Crippen LogP contribution in [0.15, 0.2) is 67.0 Å². The zero-order valence-corrected chi connectivity index (χ0v) is 17.2. The van der Waals surface area contributed by atoms with E-state index in [9.17, 15) is 9.90 Å². The van der Waals surface area contributed by atoms with E-state index in [-0.39, 0.29) is 0 Å². The number of aromatic nitrogens is 2. The number of benzene rings is 2. The normalized spacial score (nSPS) is 19.6. The van der Waals surface area contributed by atoms with Gasteiger partial charge in [-0.1, -0.05) is 30.3 Å². The van der Waals surface area contributed by atoms with Gasteiger partial charge in [-0.25, -0.2) is 4.98 Å². The Balaban J connectivity index is 1.69. The molecule has 0 amide bonds. The lowest BCUT2D eigenvalue weighted by Gasteiger charge is -2.36. The minimum atomic E-state index is 0.320. The number of rotatable bonds is 3. The van der Waals surface area contributed by atoms with E-state index >= 15 is 0 Å². The fourth-order valence-corrected chi connectivity index (χ4v) is 5.33. The molecule has 2 bridgehead atoms. The Kier molecular flexibility index (Phi) is 3.90. The highest BCUT2D eigenvalue weighted by Gasteiger charge is 2.40. The smallest absolute Gasteiger partial charge is 0.170 e. The van der Waals surface area contributed by atoms with Crippen LogP contribution in [0.5, 0.6) is 5.75 Å². The van der Waals surface area contributed by atoms with Crippen LogP contribution < -0.4 is 0 Å². The van der Waals surface area contributed by atoms with Gasteiger partial charge >= 0.3 is 0 Å². The molecule has 4 heteroatoms. The van der Waals surface area contributed by atoms with Gasteiger partial charge in [-0.05, 0) is 94.8 Å². The molecule has 7 rings (SSSR count). The molecule has 3 aliphatic rings. The quantitative estimate of drug-likeness (QED) is 0.449. The third kappa shape index (κ3) is 2.75. The molecule has 4 nitrogen and oxygen atoms in total. The van der Waals surface area contributed by atoms with Crippen LogP contribution in [0.4, 0.5) is 0 Å². The van der Waals surface area contributed by atoms with E-state index in [0.29, 0.717) is 23.3 Å². The maximum absolute atomic E-state index is 11.2. The van der Waals surface area contributed by atoms with E-state index in [4.69, 9.17) is 0 Å². The first kappa shape index (κ1) is 18.1. The maximum atomic E-state index is 11.2. The number of fused-ring (bicyclic) bond motifs is 1. The Hall–Kier alpha value is -3.66. The van der Waals surface area contributed by atoms with Crippen molar-refractivity contribution in [2.24, 2.45) is 5.92 Å². The summed E-state index contributed by atoms with van der Waals surface area (Å²) in [6, 6.07) is 18.6. The molecule has 2 aromatic heterocycles. The lowest BCUT2D eigenvalue weighted by Crippen LogP contribution is -2.21. The fraction of sp³-hybridized carbons (Fsp3) is 0.185. The predicted octanol–water partition coefficient (Wildman–Crippen LogP) is 5.63. The minimum Gasteiger partial charge on any atom is -0.508 e. The first-order chi connectivity index (χ1) is 15.1. The lowest BCUT2D eigenvalue weighted by atomic mass is 9.68. The molecule has 1 N–H and O–H groups in total. The SMILES string of the molecule is Cc1ccccc1C1=C(c2ccn3cc(C=O)nc3c2)c2ccc(O)cc2C2CC1C2. The maximum Gasteiger partial charge on any atom is 0.170 e. The van der Waals surface area contributed by atoms with Crippen molar-refractivity contribution in [3.05, 3.63) is 101 Å². The molecule has 1 fully saturated rings. The summed E-state index contributed by atoms with van der Waals surface area (Å²) in [6.45, 7) is 2.17. The molecule has 2 heterocycles. The van der Waals surface area contributed by atoms with Crippen LogP contribution in [0.25, 0.3) is 16.8 Å². The summed E-state index contributed by atoms with van der Waals surface area (Å²) in [4.78, 5) is 15.7. The van der Waals surface area contributed by atoms with Crippen LogP contribution in [-0.4, -0.2) is 20.8 Å². The van der Waals surface area contributed by atoms with Gasteiger partial charge in [0.05, 0.1) is 0 Å². The standard InChI is InChI=1S/C27H22N2O2/c1-16-4-2-3-5-22(16)27-19-10-18(11-19)24-13-21(31)6-7-23(24)26(27)17-8-9-29-14-20(15-30)28-25(29)12-17/h2-9,12-15,18-19,31H,10-11H2,1H3. The van der Waals surface area contributed by atoms with Gasteiger partial charge in [0.15, 0.2) is 6.29 Å². The van der Waals surface area contributed by atoms with Gasteiger partial charge in [-0.2, -0.15) is 0 Å². The van der Waals surface area contributed by atoms with Gasteiger partial charge in [0.1, 0.15) is 17.1 Å². The van der Waals surface area contributed by atoms with Gasteiger partial charge in [0, 0.05) is 12.4 Å². The van der Waals surface area contributed by atoms with Crippen molar-refractivity contribution in [3.63, 3.8) is 0 Å². The van der Waals surface area contributed by atoms with Gasteiger partial charge in [-0.3, -0.25) is 4.79 Å². The Morgan fingerprint density at radius 3 is 2.68 bits per heavy atom. The largest absolute Gasteiger partial charge is 0.508 e. The lowest BCUT2D eigenvalue weighted by molar-refractivity contribution is 0.111. The molecular formula is C27H22N2O2. The Morgan fingerprint density at radius 2 is 1.87 bits per heavy atom. The van der Waals surface area contributed by atoms with Crippen molar-refractivity contribution in [2.75, 3.05) is 0 Å². The van der Waals surface area contributed by atoms with Crippen LogP contribution in [-0.2, 0) is 0 Å². The highest BCUT2D eigenvalue weighted by molar-refractivity contribution is 6.02. The molecule has 3 aliphatic carbocycles. The number of phenols is 1. The molecule has 0 atom stereocenters. The Morgan fingerprint density at radius 1 is 1.03 bits per heavy atom. The number of phenolic OH excluding ortho intramolecular Hbond substituents is 1. The van der Waals surface area contributed by atoms with Crippen LogP contribution in [0.3, 0.4) is 0 Å². The van der Waals surface area contributed by atoms with E-state index in [1.54, 1.807) is 12.3 Å². The summed E-state index contributed by atoms with van der Waals surface area (Å²) < 4.78 is 1.88. The monoisotopic (exact) mass is 406 g/mol. The van der Waals surface area contributed by atoms with E-state index in [0.717, 1.165) is 30.3 Å². The van der Waals surface area contributed by atoms with Crippen LogP contribution in [0.2, 0.25) is 0 Å². The summed E-state index contributed by atoms with van der Waals surface area (Å²) in [7, 11) is 0. The average molecular weight is 406 g/mol. The number of pyridine rings is 1. The van der Waals surface area contributed by atoms with Gasteiger partial charge in [0.25, 0.3) is 0 Å². The number of carbonyl (C=O) groups excluding carboxylic acids is 1. The van der Waals surface area contributed by atoms with Crippen molar-refractivity contribution in [3.8, 4) is 5.75 Å². The van der Waals surface area contributed by atoms with Crippen molar-refractivity contribution in [1.82, 2.24) is 9.38 Å². The Labute approximate surface area is 180 Å². The molecule has 1 saturated carbocycles. The second-order valence-corrected chi connectivity index (χ2v) is 8.70. The zero-order valence-electron chi connectivity index (χ0n) is 17.2. The Bertz CT molecular complexity index is 1390. The second-order valence-electron chi connectivity index (χ2n) is 8.70. The van der Waals surface area contributed by atoms with Crippen LogP contribution in [0, 0.1) is 12.8 Å². The highest BCUT2D eigenvalue weighted by atomic mass is 16.3. The number of hydrogen-bond acceptors (Lipinski definition) is 3. The first-order valence-corrected chi connectivity index (χ1v) is 10.7. The summed E-state index contributed by atoms with van der Waals surface area (Å²) in [5.74, 6) is 1.28. The molecule has 4 aromatic rings. The number of carbonyl (C=O) groups is 1. The minimum absolute atomic E-state index is 0.320. The molecule has 0 unspecified atom stereocenters. The van der Waals surface area contributed by atoms with Crippen molar-refractivity contribution >= 4 is 23.1 Å². The second kappa shape index (κ2) is 6.67. The number of aldehydes is 1. The molecule has 31 heavy (non-hydrogen) atoms. The molecule has 0 aliphatic heterocycles. The fourth-order valence-electron chi connectivity index (χ4n) is 5.33. The molecular weight excluding hydrogens is 384 g/mol. The molecule has 2 aromatic carbocycles. The first-order valence-electron chi connectivity index (χ1n) is 10.7. The van der Waals surface area contributed by atoms with Crippen LogP contribution >= 0.6 is 0 Å². The third-order valence-corrected chi connectivity index (χ3v) is 6.88. The topological polar surface area (TPSA) is 54.6 Å². The van der Waals surface area contributed by atoms with E-state index in [1.165, 1.54) is 33.4 Å². The van der Waals surface area contributed by atoms with E-state index < -0.39 is 0 Å². The van der Waals surface area contributed by atoms with Crippen molar-refractivity contribution < 1.29 is 9.90 Å². The van der Waals surface area contributed by atoms with Crippen molar-refractivity contribution in [1.29, 1.82) is 0 Å². The number of hydrogen-bond donors (Lipinski definition) is 1. The van der Waals surface area contributed by atoms with E-state index in [2.05, 4.69) is 54.4 Å². The number of imidazole rings is 1. The van der Waals surface area contributed by atoms with Gasteiger partial charge in [-0.15, -0.1) is 0 Å². The molecule has 0 spiro atoms. The summed E-state index contributed by atoms with van der Waals surface area (Å²) >= 11 is 0. The number of aryl methyl sites for hydroxylation is 1. The average Bonchev–Trinajstić information content (AvgIpc) is 3.04. The number of allylic oxidation sites excluding steroid dienone is 1. The molecule has 0 radical (unpaired) electrons. The predicted molar refractivity (Wildman–Crippen MR) is 121 cm³/mol. The van der Waals surface area contributed by atoms with Crippen molar-refractivity contribution in [2.45, 2.75) is 25.7 Å². The van der Waals surface area contributed by atoms with E-state index in [1.807, 2.05) is 16.7 Å². The van der Waals surface area contributed by atoms with Gasteiger partial charge in [0.2, 0.25) is 0 Å². The number of nitrogens with zero attached hydrogens (tertiary/aromatic N) is 2.